The van der Waals surface area contributed by atoms with E-state index in [1.54, 1.807) is 0 Å². The van der Waals surface area contributed by atoms with Gasteiger partial charge in [0.1, 0.15) is 0 Å². The normalized spacial score (nSPS) is 10.9. The minimum atomic E-state index is 1.01. The van der Waals surface area contributed by atoms with Crippen LogP contribution in [0.25, 0.3) is 0 Å². The van der Waals surface area contributed by atoms with E-state index in [-0.39, 0.29) is 0 Å². The Hall–Kier alpha value is -0.760. The van der Waals surface area contributed by atoms with Crippen LogP contribution in [-0.2, 0) is 19.5 Å². The van der Waals surface area contributed by atoms with Gasteiger partial charge in [0.25, 0.3) is 0 Å². The van der Waals surface area contributed by atoms with Crippen LogP contribution in [0.5, 0.6) is 0 Å². The van der Waals surface area contributed by atoms with E-state index < -0.39 is 0 Å². The fraction of sp³-hybridized carbons (Fsp3) is 0.692. The van der Waals surface area contributed by atoms with Crippen molar-refractivity contribution in [2.75, 3.05) is 6.54 Å². The number of aromatic nitrogens is 1. The Morgan fingerprint density at radius 2 is 1.87 bits per heavy atom. The van der Waals surface area contributed by atoms with Gasteiger partial charge in [-0.2, -0.15) is 0 Å². The minimum absolute atomic E-state index is 1.01. The summed E-state index contributed by atoms with van der Waals surface area (Å²) in [5, 5.41) is 3.49. The maximum atomic E-state index is 3.49. The number of hydrogen-bond donors (Lipinski definition) is 1. The van der Waals surface area contributed by atoms with Gasteiger partial charge in [-0.1, -0.05) is 20.3 Å². The lowest BCUT2D eigenvalue weighted by atomic mass is 10.3. The molecule has 1 N–H and O–H groups in total. The lowest BCUT2D eigenvalue weighted by Crippen LogP contribution is -2.17. The first-order valence-electron chi connectivity index (χ1n) is 6.21. The molecule has 0 aliphatic heterocycles. The van der Waals surface area contributed by atoms with Gasteiger partial charge < -0.3 is 9.88 Å². The second kappa shape index (κ2) is 6.67. The van der Waals surface area contributed by atoms with Crippen LogP contribution in [0.1, 0.15) is 45.0 Å². The first-order chi connectivity index (χ1) is 7.33. The molecule has 0 radical (unpaired) electrons. The smallest absolute Gasteiger partial charge is 0.0359 e. The van der Waals surface area contributed by atoms with Gasteiger partial charge in [-0.3, -0.25) is 0 Å². The van der Waals surface area contributed by atoms with E-state index in [2.05, 4.69) is 42.8 Å². The van der Waals surface area contributed by atoms with E-state index in [4.69, 9.17) is 0 Å². The predicted octanol–water partition coefficient (Wildman–Crippen LogP) is 2.96. The molecule has 0 saturated heterocycles. The van der Waals surface area contributed by atoms with Crippen LogP contribution in [0.2, 0.25) is 0 Å². The third-order valence-corrected chi connectivity index (χ3v) is 2.85. The topological polar surface area (TPSA) is 17.0 Å². The summed E-state index contributed by atoms with van der Waals surface area (Å²) in [4.78, 5) is 0. The number of unbranched alkanes of at least 4 members (excludes halogenated alkanes) is 1. The summed E-state index contributed by atoms with van der Waals surface area (Å²) < 4.78 is 2.42. The second-order valence-electron chi connectivity index (χ2n) is 3.94. The largest absolute Gasteiger partial charge is 0.348 e. The van der Waals surface area contributed by atoms with Crippen molar-refractivity contribution in [3.63, 3.8) is 0 Å². The van der Waals surface area contributed by atoms with Crippen LogP contribution in [0.3, 0.4) is 0 Å². The van der Waals surface area contributed by atoms with E-state index in [1.165, 1.54) is 24.2 Å². The van der Waals surface area contributed by atoms with Crippen molar-refractivity contribution in [1.29, 1.82) is 0 Å². The van der Waals surface area contributed by atoms with Gasteiger partial charge in [-0.25, -0.2) is 0 Å². The summed E-state index contributed by atoms with van der Waals surface area (Å²) >= 11 is 0. The first-order valence-corrected chi connectivity index (χ1v) is 6.21. The molecule has 0 atom stereocenters. The molecular weight excluding hydrogens is 184 g/mol. The predicted molar refractivity (Wildman–Crippen MR) is 66.1 cm³/mol. The van der Waals surface area contributed by atoms with Crippen molar-refractivity contribution in [2.45, 2.75) is 53.1 Å². The van der Waals surface area contributed by atoms with Crippen molar-refractivity contribution >= 4 is 0 Å². The highest BCUT2D eigenvalue weighted by Gasteiger charge is 2.03. The molecule has 0 unspecified atom stereocenters. The lowest BCUT2D eigenvalue weighted by molar-refractivity contribution is 0.595. The molecule has 86 valence electrons. The molecule has 0 aliphatic carbocycles. The number of aryl methyl sites for hydroxylation is 1. The van der Waals surface area contributed by atoms with Crippen molar-refractivity contribution in [3.05, 3.63) is 23.5 Å². The zero-order chi connectivity index (χ0) is 11.1. The van der Waals surface area contributed by atoms with E-state index in [0.717, 1.165) is 26.1 Å². The summed E-state index contributed by atoms with van der Waals surface area (Å²) in [6.45, 7) is 9.89. The zero-order valence-electron chi connectivity index (χ0n) is 10.3. The fourth-order valence-electron chi connectivity index (χ4n) is 1.94. The number of rotatable bonds is 7. The highest BCUT2D eigenvalue weighted by molar-refractivity contribution is 5.16. The van der Waals surface area contributed by atoms with Crippen LogP contribution < -0.4 is 5.32 Å². The molecule has 0 amide bonds. The standard InChI is InChI=1S/C13H24N2/c1-4-7-10-14-11-13-9-8-12(5-2)15(13)6-3/h8-9,14H,4-7,10-11H2,1-3H3. The quantitative estimate of drug-likeness (QED) is 0.682. The molecule has 2 nitrogen and oxygen atoms in total. The number of nitrogens with zero attached hydrogens (tertiary/aromatic N) is 1. The van der Waals surface area contributed by atoms with Crippen LogP contribution in [0, 0.1) is 0 Å². The molecule has 15 heavy (non-hydrogen) atoms. The fourth-order valence-corrected chi connectivity index (χ4v) is 1.94. The van der Waals surface area contributed by atoms with Gasteiger partial charge in [-0.15, -0.1) is 0 Å². The summed E-state index contributed by atoms with van der Waals surface area (Å²) in [6, 6.07) is 4.50. The minimum Gasteiger partial charge on any atom is -0.348 e. The number of nitrogens with one attached hydrogen (secondary N) is 1. The van der Waals surface area contributed by atoms with Gasteiger partial charge in [-0.05, 0) is 38.4 Å². The molecule has 0 aliphatic rings. The molecule has 0 bridgehead atoms. The molecule has 1 rings (SSSR count). The summed E-state index contributed by atoms with van der Waals surface area (Å²) in [5.74, 6) is 0. The number of hydrogen-bond acceptors (Lipinski definition) is 1. The Labute approximate surface area is 93.7 Å². The molecule has 0 spiro atoms. The summed E-state index contributed by atoms with van der Waals surface area (Å²) in [6.07, 6.45) is 3.66. The van der Waals surface area contributed by atoms with Crippen LogP contribution >= 0.6 is 0 Å². The zero-order valence-corrected chi connectivity index (χ0v) is 10.3. The summed E-state index contributed by atoms with van der Waals surface area (Å²) in [5.41, 5.74) is 2.87. The summed E-state index contributed by atoms with van der Waals surface area (Å²) in [7, 11) is 0. The molecular formula is C13H24N2. The maximum Gasteiger partial charge on any atom is 0.0359 e. The second-order valence-corrected chi connectivity index (χ2v) is 3.94. The highest BCUT2D eigenvalue weighted by atomic mass is 15.0. The monoisotopic (exact) mass is 208 g/mol. The lowest BCUT2D eigenvalue weighted by Gasteiger charge is -2.10. The highest BCUT2D eigenvalue weighted by Crippen LogP contribution is 2.09. The van der Waals surface area contributed by atoms with Crippen molar-refractivity contribution in [2.24, 2.45) is 0 Å². The average Bonchev–Trinajstić information content (AvgIpc) is 2.66. The van der Waals surface area contributed by atoms with Crippen molar-refractivity contribution in [3.8, 4) is 0 Å². The SMILES string of the molecule is CCCCNCc1ccc(CC)n1CC. The Bertz CT molecular complexity index is 276. The van der Waals surface area contributed by atoms with Gasteiger partial charge >= 0.3 is 0 Å². The van der Waals surface area contributed by atoms with E-state index in [9.17, 15) is 0 Å². The Morgan fingerprint density at radius 3 is 2.47 bits per heavy atom. The van der Waals surface area contributed by atoms with Gasteiger partial charge in [0, 0.05) is 24.5 Å². The first kappa shape index (κ1) is 12.3. The van der Waals surface area contributed by atoms with E-state index >= 15 is 0 Å². The Kier molecular flexibility index (Phi) is 5.48. The molecule has 0 saturated carbocycles. The van der Waals surface area contributed by atoms with Gasteiger partial charge in [0.05, 0.1) is 0 Å². The van der Waals surface area contributed by atoms with Gasteiger partial charge in [0.2, 0.25) is 0 Å². The van der Waals surface area contributed by atoms with Crippen LogP contribution in [-0.4, -0.2) is 11.1 Å². The molecule has 1 aromatic rings. The van der Waals surface area contributed by atoms with Crippen molar-refractivity contribution < 1.29 is 0 Å². The van der Waals surface area contributed by atoms with Gasteiger partial charge in [0.15, 0.2) is 0 Å². The molecule has 1 aromatic heterocycles. The Balaban J connectivity index is 2.49. The third kappa shape index (κ3) is 3.38. The van der Waals surface area contributed by atoms with Crippen molar-refractivity contribution in [1.82, 2.24) is 9.88 Å². The Morgan fingerprint density at radius 1 is 1.13 bits per heavy atom. The molecule has 2 heteroatoms. The molecule has 0 aromatic carbocycles. The van der Waals surface area contributed by atoms with E-state index in [1.807, 2.05) is 0 Å². The molecule has 1 heterocycles. The maximum absolute atomic E-state index is 3.49. The van der Waals surface area contributed by atoms with E-state index in [0.29, 0.717) is 0 Å². The third-order valence-electron chi connectivity index (χ3n) is 2.85. The average molecular weight is 208 g/mol. The van der Waals surface area contributed by atoms with Crippen LogP contribution in [0.4, 0.5) is 0 Å². The molecule has 0 fully saturated rings. The van der Waals surface area contributed by atoms with Crippen LogP contribution in [0.15, 0.2) is 12.1 Å².